The number of hydrogen-bond donors (Lipinski definition) is 0. The second kappa shape index (κ2) is 8.84. The third kappa shape index (κ3) is 3.46. The molecule has 0 bridgehead atoms. The minimum absolute atomic E-state index is 0.130. The molecule has 4 rings (SSSR count). The van der Waals surface area contributed by atoms with Gasteiger partial charge in [0.15, 0.2) is 6.04 Å². The van der Waals surface area contributed by atoms with E-state index in [1.807, 2.05) is 0 Å². The molecule has 0 N–H and O–H groups in total. The fourth-order valence-corrected chi connectivity index (χ4v) is 5.17. The number of hydrazine groups is 1. The normalized spacial score (nSPS) is 21.4. The van der Waals surface area contributed by atoms with Gasteiger partial charge in [-0.05, 0) is 29.7 Å². The molecule has 1 saturated heterocycles. The first-order valence-electron chi connectivity index (χ1n) is 10.8. The highest BCUT2D eigenvalue weighted by Gasteiger charge is 2.82. The van der Waals surface area contributed by atoms with E-state index >= 15 is 8.78 Å². The van der Waals surface area contributed by atoms with Crippen LogP contribution >= 0.6 is 0 Å². The standard InChI is InChI=1S/C24H21F5N2O5/c1-35-20(33)22(21(34)36-2)17-16-11-7-6-8-14(16)12-13-30(17)31(18(32)15-9-4-3-5-10-15)19(22)23(25,26)24(27,28)29/h3-11,17,19H,12-13H2,1-2H3/t17-,19-/m0/s1. The Kier molecular flexibility index (Phi) is 6.27. The maximum Gasteiger partial charge on any atom is 0.455 e. The molecule has 0 saturated carbocycles. The fourth-order valence-electron chi connectivity index (χ4n) is 5.17. The van der Waals surface area contributed by atoms with Crippen molar-refractivity contribution < 1.29 is 45.8 Å². The van der Waals surface area contributed by atoms with E-state index in [1.54, 1.807) is 12.1 Å². The van der Waals surface area contributed by atoms with Gasteiger partial charge in [-0.3, -0.25) is 19.4 Å². The van der Waals surface area contributed by atoms with Crippen molar-refractivity contribution >= 4 is 17.8 Å². The zero-order chi connectivity index (χ0) is 26.5. The molecule has 2 atom stereocenters. The number of methoxy groups -OCH3 is 2. The summed E-state index contributed by atoms with van der Waals surface area (Å²) in [6.07, 6.45) is -6.09. The predicted octanol–water partition coefficient (Wildman–Crippen LogP) is 3.56. The fraction of sp³-hybridized carbons (Fsp3) is 0.375. The van der Waals surface area contributed by atoms with Gasteiger partial charge in [0.25, 0.3) is 5.91 Å². The zero-order valence-corrected chi connectivity index (χ0v) is 19.1. The molecule has 1 fully saturated rings. The second-order valence-corrected chi connectivity index (χ2v) is 8.41. The number of benzene rings is 2. The lowest BCUT2D eigenvalue weighted by Crippen LogP contribution is -2.65. The zero-order valence-electron chi connectivity index (χ0n) is 19.1. The number of hydrogen-bond acceptors (Lipinski definition) is 6. The average Bonchev–Trinajstić information content (AvgIpc) is 3.20. The van der Waals surface area contributed by atoms with Gasteiger partial charge in [-0.15, -0.1) is 0 Å². The van der Waals surface area contributed by atoms with Crippen molar-refractivity contribution in [1.82, 2.24) is 10.0 Å². The Hall–Kier alpha value is -3.54. The highest BCUT2D eigenvalue weighted by Crippen LogP contribution is 2.60. The summed E-state index contributed by atoms with van der Waals surface area (Å²) in [6, 6.07) is 7.82. The quantitative estimate of drug-likeness (QED) is 0.355. The molecule has 2 aromatic rings. The van der Waals surface area contributed by atoms with E-state index in [4.69, 9.17) is 9.47 Å². The summed E-state index contributed by atoms with van der Waals surface area (Å²) in [5.41, 5.74) is -2.85. The molecule has 0 aromatic heterocycles. The van der Waals surface area contributed by atoms with Gasteiger partial charge >= 0.3 is 24.0 Å². The van der Waals surface area contributed by atoms with Crippen LogP contribution < -0.4 is 0 Å². The summed E-state index contributed by atoms with van der Waals surface area (Å²) in [7, 11) is 1.52. The molecule has 0 spiro atoms. The van der Waals surface area contributed by atoms with E-state index in [-0.39, 0.29) is 29.1 Å². The monoisotopic (exact) mass is 512 g/mol. The van der Waals surface area contributed by atoms with Crippen LogP contribution in [0.3, 0.4) is 0 Å². The minimum Gasteiger partial charge on any atom is -0.468 e. The average molecular weight is 512 g/mol. The molecule has 2 aliphatic heterocycles. The smallest absolute Gasteiger partial charge is 0.455 e. The van der Waals surface area contributed by atoms with Crippen molar-refractivity contribution in [2.45, 2.75) is 30.6 Å². The van der Waals surface area contributed by atoms with Crippen LogP contribution in [0.15, 0.2) is 54.6 Å². The summed E-state index contributed by atoms with van der Waals surface area (Å²) in [5.74, 6) is -10.3. The van der Waals surface area contributed by atoms with Crippen molar-refractivity contribution in [2.75, 3.05) is 20.8 Å². The number of alkyl halides is 5. The number of rotatable bonds is 4. The van der Waals surface area contributed by atoms with E-state index in [0.29, 0.717) is 5.56 Å². The number of halogens is 5. The SMILES string of the molecule is COC(=O)C1(C(=O)OC)[C@@H]2c3ccccc3CCN2N(C(=O)c2ccccc2)[C@@H]1C(F)(F)C(F)(F)F. The van der Waals surface area contributed by atoms with E-state index in [1.165, 1.54) is 42.5 Å². The van der Waals surface area contributed by atoms with Gasteiger partial charge < -0.3 is 9.47 Å². The highest BCUT2D eigenvalue weighted by molar-refractivity contribution is 6.05. The van der Waals surface area contributed by atoms with Crippen LogP contribution in [0.25, 0.3) is 0 Å². The molecule has 2 aromatic carbocycles. The Balaban J connectivity index is 2.11. The lowest BCUT2D eigenvalue weighted by molar-refractivity contribution is -0.310. The van der Waals surface area contributed by atoms with Crippen molar-refractivity contribution in [1.29, 1.82) is 0 Å². The number of ether oxygens (including phenoxy) is 2. The van der Waals surface area contributed by atoms with Crippen LogP contribution in [-0.2, 0) is 25.5 Å². The van der Waals surface area contributed by atoms with Crippen LogP contribution in [-0.4, -0.2) is 66.8 Å². The van der Waals surface area contributed by atoms with Gasteiger partial charge in [-0.2, -0.15) is 22.0 Å². The topological polar surface area (TPSA) is 76.2 Å². The van der Waals surface area contributed by atoms with Crippen LogP contribution in [0.5, 0.6) is 0 Å². The van der Waals surface area contributed by atoms with Gasteiger partial charge in [0.2, 0.25) is 5.41 Å². The maximum atomic E-state index is 15.5. The van der Waals surface area contributed by atoms with Crippen molar-refractivity contribution in [3.63, 3.8) is 0 Å². The van der Waals surface area contributed by atoms with E-state index < -0.39 is 47.4 Å². The van der Waals surface area contributed by atoms with Crippen LogP contribution in [0, 0.1) is 5.41 Å². The Bertz CT molecular complexity index is 1170. The number of amides is 1. The molecule has 12 heteroatoms. The maximum absolute atomic E-state index is 15.5. The van der Waals surface area contributed by atoms with E-state index in [2.05, 4.69) is 0 Å². The molecule has 0 aliphatic carbocycles. The molecule has 2 heterocycles. The van der Waals surface area contributed by atoms with E-state index in [9.17, 15) is 27.6 Å². The molecule has 7 nitrogen and oxygen atoms in total. The van der Waals surface area contributed by atoms with Gasteiger partial charge in [0, 0.05) is 12.1 Å². The molecular weight excluding hydrogens is 491 g/mol. The molecule has 0 radical (unpaired) electrons. The Labute approximate surface area is 202 Å². The number of carbonyl (C=O) groups excluding carboxylic acids is 3. The Morgan fingerprint density at radius 3 is 2.00 bits per heavy atom. The lowest BCUT2D eigenvalue weighted by Gasteiger charge is -2.39. The van der Waals surface area contributed by atoms with Crippen molar-refractivity contribution in [3.8, 4) is 0 Å². The summed E-state index contributed by atoms with van der Waals surface area (Å²) in [5, 5.41) is 1.12. The number of esters is 2. The number of carbonyl (C=O) groups is 3. The summed E-state index contributed by atoms with van der Waals surface area (Å²) in [4.78, 5) is 40.2. The number of fused-ring (bicyclic) bond motifs is 3. The second-order valence-electron chi connectivity index (χ2n) is 8.41. The predicted molar refractivity (Wildman–Crippen MR) is 113 cm³/mol. The number of nitrogens with zero attached hydrogens (tertiary/aromatic N) is 2. The summed E-state index contributed by atoms with van der Waals surface area (Å²) >= 11 is 0. The van der Waals surface area contributed by atoms with E-state index in [0.717, 1.165) is 19.2 Å². The largest absolute Gasteiger partial charge is 0.468 e. The molecule has 192 valence electrons. The first-order chi connectivity index (χ1) is 16.9. The lowest BCUT2D eigenvalue weighted by atomic mass is 9.68. The third-order valence-corrected chi connectivity index (χ3v) is 6.64. The third-order valence-electron chi connectivity index (χ3n) is 6.64. The molecule has 0 unspecified atom stereocenters. The molecule has 2 aliphatic rings. The van der Waals surface area contributed by atoms with Crippen LogP contribution in [0.4, 0.5) is 22.0 Å². The first-order valence-corrected chi connectivity index (χ1v) is 10.8. The van der Waals surface area contributed by atoms with Gasteiger partial charge in [-0.1, -0.05) is 42.5 Å². The van der Waals surface area contributed by atoms with Gasteiger partial charge in [0.05, 0.1) is 20.3 Å². The Morgan fingerprint density at radius 2 is 1.44 bits per heavy atom. The van der Waals surface area contributed by atoms with Gasteiger partial charge in [-0.25, -0.2) is 5.01 Å². The molecular formula is C24H21F5N2O5. The van der Waals surface area contributed by atoms with Gasteiger partial charge in [0.1, 0.15) is 0 Å². The van der Waals surface area contributed by atoms with Crippen LogP contribution in [0.2, 0.25) is 0 Å². The highest BCUT2D eigenvalue weighted by atomic mass is 19.4. The molecule has 36 heavy (non-hydrogen) atoms. The first kappa shape index (κ1) is 25.5. The summed E-state index contributed by atoms with van der Waals surface area (Å²) < 4.78 is 82.3. The summed E-state index contributed by atoms with van der Waals surface area (Å²) in [6.45, 7) is -0.236. The van der Waals surface area contributed by atoms with Crippen molar-refractivity contribution in [2.24, 2.45) is 5.41 Å². The Morgan fingerprint density at radius 1 is 0.889 bits per heavy atom. The molecule has 1 amide bonds. The minimum atomic E-state index is -6.24. The van der Waals surface area contributed by atoms with Crippen LogP contribution in [0.1, 0.15) is 27.5 Å². The van der Waals surface area contributed by atoms with Crippen molar-refractivity contribution in [3.05, 3.63) is 71.3 Å².